The van der Waals surface area contributed by atoms with Crippen molar-refractivity contribution in [3.63, 3.8) is 0 Å². The van der Waals surface area contributed by atoms with Crippen molar-refractivity contribution >= 4 is 6.16 Å². The molecule has 2 unspecified atom stereocenters. The maximum Gasteiger partial charge on any atom is 0.514 e. The molecule has 2 aromatic carbocycles. The number of benzene rings is 2. The first kappa shape index (κ1) is 19.2. The van der Waals surface area contributed by atoms with E-state index in [9.17, 15) is 4.79 Å². The molecule has 7 nitrogen and oxygen atoms in total. The van der Waals surface area contributed by atoms with Gasteiger partial charge in [-0.1, -0.05) is 0 Å². The van der Waals surface area contributed by atoms with Crippen LogP contribution in [-0.2, 0) is 9.47 Å². The van der Waals surface area contributed by atoms with E-state index >= 15 is 0 Å². The Bertz CT molecular complexity index is 623. The summed E-state index contributed by atoms with van der Waals surface area (Å²) in [5.74, 6) is 2.48. The SMILES string of the molecule is COc1ccc(OC(C)OC(=O)OC(C)Oc2ccc(OC)cc2)cc1. The van der Waals surface area contributed by atoms with Crippen LogP contribution in [0.4, 0.5) is 4.79 Å². The van der Waals surface area contributed by atoms with Crippen molar-refractivity contribution in [2.75, 3.05) is 14.2 Å². The molecule has 2 rings (SSSR count). The van der Waals surface area contributed by atoms with Gasteiger partial charge in [0.25, 0.3) is 0 Å². The smallest absolute Gasteiger partial charge is 0.497 e. The second kappa shape index (κ2) is 9.41. The van der Waals surface area contributed by atoms with Crippen LogP contribution in [-0.4, -0.2) is 33.0 Å². The molecule has 140 valence electrons. The van der Waals surface area contributed by atoms with Crippen LogP contribution in [0.5, 0.6) is 23.0 Å². The van der Waals surface area contributed by atoms with E-state index in [1.807, 2.05) is 0 Å². The fourth-order valence-corrected chi connectivity index (χ4v) is 2.04. The molecule has 0 aliphatic heterocycles. The first-order valence-corrected chi connectivity index (χ1v) is 7.99. The molecule has 0 saturated heterocycles. The molecule has 0 aliphatic rings. The first-order valence-electron chi connectivity index (χ1n) is 7.99. The number of carbonyl (C=O) groups is 1. The van der Waals surface area contributed by atoms with Crippen LogP contribution in [0.2, 0.25) is 0 Å². The van der Waals surface area contributed by atoms with Crippen LogP contribution >= 0.6 is 0 Å². The summed E-state index contributed by atoms with van der Waals surface area (Å²) in [6.07, 6.45) is -2.56. The Labute approximate surface area is 152 Å². The summed E-state index contributed by atoms with van der Waals surface area (Å²) in [6, 6.07) is 13.8. The fraction of sp³-hybridized carbons (Fsp3) is 0.316. The molecule has 2 aromatic rings. The first-order chi connectivity index (χ1) is 12.5. The number of ether oxygens (including phenoxy) is 6. The van der Waals surface area contributed by atoms with Gasteiger partial charge in [-0.2, -0.15) is 0 Å². The third-order valence-electron chi connectivity index (χ3n) is 3.25. The van der Waals surface area contributed by atoms with Crippen molar-refractivity contribution in [3.05, 3.63) is 48.5 Å². The molecule has 0 heterocycles. The molecule has 0 saturated carbocycles. The van der Waals surface area contributed by atoms with E-state index in [-0.39, 0.29) is 0 Å². The highest BCUT2D eigenvalue weighted by Crippen LogP contribution is 2.20. The Morgan fingerprint density at radius 3 is 1.27 bits per heavy atom. The third kappa shape index (κ3) is 6.08. The Morgan fingerprint density at radius 2 is 0.962 bits per heavy atom. The summed E-state index contributed by atoms with van der Waals surface area (Å²) >= 11 is 0. The van der Waals surface area contributed by atoms with Crippen LogP contribution in [0.3, 0.4) is 0 Å². The highest BCUT2D eigenvalue weighted by atomic mass is 16.8. The van der Waals surface area contributed by atoms with Gasteiger partial charge in [-0.25, -0.2) is 4.79 Å². The average molecular weight is 362 g/mol. The van der Waals surface area contributed by atoms with Crippen LogP contribution in [0.1, 0.15) is 13.8 Å². The van der Waals surface area contributed by atoms with Crippen molar-refractivity contribution in [1.29, 1.82) is 0 Å². The van der Waals surface area contributed by atoms with Gasteiger partial charge in [0.2, 0.25) is 12.6 Å². The molecule has 0 aromatic heterocycles. The zero-order chi connectivity index (χ0) is 18.9. The van der Waals surface area contributed by atoms with Gasteiger partial charge in [-0.3, -0.25) is 0 Å². The standard InChI is InChI=1S/C19H22O7/c1-13(23-17-9-5-15(21-3)6-10-17)25-19(20)26-14(2)24-18-11-7-16(22-4)8-12-18/h5-14H,1-4H3. The third-order valence-corrected chi connectivity index (χ3v) is 3.25. The van der Waals surface area contributed by atoms with Gasteiger partial charge < -0.3 is 28.4 Å². The normalized spacial score (nSPS) is 12.5. The van der Waals surface area contributed by atoms with Crippen LogP contribution in [0, 0.1) is 0 Å². The molecule has 0 amide bonds. The van der Waals surface area contributed by atoms with E-state index < -0.39 is 18.7 Å². The number of rotatable bonds is 8. The lowest BCUT2D eigenvalue weighted by Crippen LogP contribution is -2.26. The zero-order valence-corrected chi connectivity index (χ0v) is 15.1. The summed E-state index contributed by atoms with van der Waals surface area (Å²) in [7, 11) is 3.15. The molecular weight excluding hydrogens is 340 g/mol. The maximum atomic E-state index is 11.8. The average Bonchev–Trinajstić information content (AvgIpc) is 2.62. The summed E-state index contributed by atoms with van der Waals surface area (Å²) in [4.78, 5) is 11.8. The Balaban J connectivity index is 1.76. The van der Waals surface area contributed by atoms with Gasteiger partial charge in [0.05, 0.1) is 14.2 Å². The monoisotopic (exact) mass is 362 g/mol. The molecule has 2 atom stereocenters. The van der Waals surface area contributed by atoms with Crippen molar-refractivity contribution in [1.82, 2.24) is 0 Å². The molecule has 0 bridgehead atoms. The van der Waals surface area contributed by atoms with Gasteiger partial charge in [-0.05, 0) is 48.5 Å². The van der Waals surface area contributed by atoms with Crippen LogP contribution in [0.25, 0.3) is 0 Å². The number of hydrogen-bond donors (Lipinski definition) is 0. The van der Waals surface area contributed by atoms with Crippen molar-refractivity contribution in [2.24, 2.45) is 0 Å². The number of methoxy groups -OCH3 is 2. The Morgan fingerprint density at radius 1 is 0.654 bits per heavy atom. The topological polar surface area (TPSA) is 72.5 Å². The Kier molecular flexibility index (Phi) is 6.96. The molecule has 0 N–H and O–H groups in total. The van der Waals surface area contributed by atoms with Gasteiger partial charge >= 0.3 is 6.16 Å². The van der Waals surface area contributed by atoms with Crippen molar-refractivity contribution < 1.29 is 33.2 Å². The minimum atomic E-state index is -0.896. The van der Waals surface area contributed by atoms with E-state index in [2.05, 4.69) is 0 Å². The van der Waals surface area contributed by atoms with Crippen molar-refractivity contribution in [3.8, 4) is 23.0 Å². The van der Waals surface area contributed by atoms with Crippen LogP contribution < -0.4 is 18.9 Å². The van der Waals surface area contributed by atoms with Gasteiger partial charge in [0, 0.05) is 13.8 Å². The van der Waals surface area contributed by atoms with Gasteiger partial charge in [0.15, 0.2) is 0 Å². The van der Waals surface area contributed by atoms with Crippen molar-refractivity contribution in [2.45, 2.75) is 26.4 Å². The number of carbonyl (C=O) groups excluding carboxylic acids is 1. The largest absolute Gasteiger partial charge is 0.514 e. The van der Waals surface area contributed by atoms with E-state index in [1.54, 1.807) is 76.6 Å². The predicted molar refractivity (Wildman–Crippen MR) is 93.7 cm³/mol. The van der Waals surface area contributed by atoms with E-state index in [1.165, 1.54) is 0 Å². The summed E-state index contributed by atoms with van der Waals surface area (Å²) in [6.45, 7) is 3.17. The highest BCUT2D eigenvalue weighted by molar-refractivity contribution is 5.60. The van der Waals surface area contributed by atoms with E-state index in [0.717, 1.165) is 0 Å². The van der Waals surface area contributed by atoms with E-state index in [0.29, 0.717) is 23.0 Å². The highest BCUT2D eigenvalue weighted by Gasteiger charge is 2.16. The molecule has 0 spiro atoms. The second-order valence-corrected chi connectivity index (χ2v) is 5.21. The fourth-order valence-electron chi connectivity index (χ4n) is 2.04. The zero-order valence-electron chi connectivity index (χ0n) is 15.1. The van der Waals surface area contributed by atoms with Gasteiger partial charge in [-0.15, -0.1) is 0 Å². The molecular formula is C19H22O7. The molecule has 26 heavy (non-hydrogen) atoms. The minimum Gasteiger partial charge on any atom is -0.497 e. The molecule has 0 aliphatic carbocycles. The Hall–Kier alpha value is -3.09. The lowest BCUT2D eigenvalue weighted by Gasteiger charge is -2.18. The predicted octanol–water partition coefficient (Wildman–Crippen LogP) is 4.01. The molecule has 7 heteroatoms. The van der Waals surface area contributed by atoms with Crippen LogP contribution in [0.15, 0.2) is 48.5 Å². The summed E-state index contributed by atoms with van der Waals surface area (Å²) < 4.78 is 31.2. The summed E-state index contributed by atoms with van der Waals surface area (Å²) in [5, 5.41) is 0. The number of hydrogen-bond acceptors (Lipinski definition) is 7. The lowest BCUT2D eigenvalue weighted by molar-refractivity contribution is -0.0963. The molecule has 0 fully saturated rings. The minimum absolute atomic E-state index is 0.536. The van der Waals surface area contributed by atoms with Gasteiger partial charge in [0.1, 0.15) is 23.0 Å². The maximum absolute atomic E-state index is 11.8. The second-order valence-electron chi connectivity index (χ2n) is 5.21. The molecule has 0 radical (unpaired) electrons. The quantitative estimate of drug-likeness (QED) is 0.519. The summed E-state index contributed by atoms with van der Waals surface area (Å²) in [5.41, 5.74) is 0. The lowest BCUT2D eigenvalue weighted by atomic mass is 10.3. The van der Waals surface area contributed by atoms with E-state index in [4.69, 9.17) is 28.4 Å².